The first-order valence-corrected chi connectivity index (χ1v) is 32.3. The molecule has 0 aromatic heterocycles. The van der Waals surface area contributed by atoms with Crippen molar-refractivity contribution in [3.8, 4) is 11.5 Å². The molecule has 2 rings (SSSR count). The van der Waals surface area contributed by atoms with E-state index in [9.17, 15) is 19.8 Å². The fourth-order valence-electron chi connectivity index (χ4n) is 8.78. The zero-order valence-corrected chi connectivity index (χ0v) is 56.7. The Morgan fingerprint density at radius 3 is 0.753 bits per heavy atom. The third-order valence-electron chi connectivity index (χ3n) is 13.6. The molecule has 0 unspecified atom stereocenters. The van der Waals surface area contributed by atoms with Crippen molar-refractivity contribution >= 4 is 29.1 Å². The van der Waals surface area contributed by atoms with Gasteiger partial charge in [-0.2, -0.15) is 0 Å². The van der Waals surface area contributed by atoms with E-state index in [-0.39, 0.29) is 54.0 Å². The maximum Gasteiger partial charge on any atom is 2.00 e. The molecule has 0 aliphatic carbocycles. The smallest absolute Gasteiger partial charge is 0.550 e. The van der Waals surface area contributed by atoms with E-state index in [0.29, 0.717) is 11.5 Å². The molecule has 10 nitrogen and oxygen atoms in total. The number of carbonyl (C=O) groups is 2. The Bertz CT molecular complexity index is 1600. The van der Waals surface area contributed by atoms with Gasteiger partial charge in [0, 0.05) is 23.1 Å². The second kappa shape index (κ2) is 46.9. The molecule has 0 radical (unpaired) electrons. The van der Waals surface area contributed by atoms with Crippen molar-refractivity contribution < 1.29 is 67.9 Å². The minimum atomic E-state index is -2.38. The van der Waals surface area contributed by atoms with Gasteiger partial charge < -0.3 is 48.4 Å². The predicted molar refractivity (Wildman–Crippen MR) is 321 cm³/mol. The number of rotatable bonds is 36. The van der Waals surface area contributed by atoms with Crippen LogP contribution in [0.4, 0.5) is 0 Å². The Morgan fingerprint density at radius 2 is 0.584 bits per heavy atom. The van der Waals surface area contributed by atoms with Crippen LogP contribution in [0.1, 0.15) is 325 Å². The quantitative estimate of drug-likeness (QED) is 0.0291. The molecule has 0 aliphatic rings. The number of unbranched alkanes of at least 4 members (excludes halogenated alkanes) is 28. The van der Waals surface area contributed by atoms with Crippen LogP contribution in [-0.2, 0) is 50.7 Å². The zero-order valence-electron chi connectivity index (χ0n) is 51.9. The summed E-state index contributed by atoms with van der Waals surface area (Å²) in [4.78, 5) is 56.5. The fraction of sp³-hybridized carbons (Fsp3) is 0.781. The molecule has 444 valence electrons. The summed E-state index contributed by atoms with van der Waals surface area (Å²) in [5, 5.41) is 20.4. The third-order valence-corrected chi connectivity index (χ3v) is 14.4. The van der Waals surface area contributed by atoms with Gasteiger partial charge in [0.1, 0.15) is 11.5 Å². The first-order valence-electron chi connectivity index (χ1n) is 30.0. The van der Waals surface area contributed by atoms with Gasteiger partial charge in [-0.25, -0.2) is 0 Å². The van der Waals surface area contributed by atoms with Gasteiger partial charge in [0.2, 0.25) is 0 Å². The molecule has 0 amide bonds. The number of carboxylic acids is 2. The maximum atomic E-state index is 10.2. The second-order valence-corrected chi connectivity index (χ2v) is 26.6. The summed E-state index contributed by atoms with van der Waals surface area (Å²) >= 11 is 0. The number of carbonyl (C=O) groups excluding carboxylic acids is 2. The minimum Gasteiger partial charge on any atom is -0.550 e. The zero-order chi connectivity index (χ0) is 58.1. The van der Waals surface area contributed by atoms with Crippen LogP contribution in [0.25, 0.3) is 0 Å². The molecule has 2 aromatic carbocycles. The average Bonchev–Trinajstić information content (AvgIpc) is 3.30. The molecule has 13 heteroatoms. The first kappa shape index (κ1) is 79.5. The van der Waals surface area contributed by atoms with Gasteiger partial charge in [-0.15, -0.1) is 0 Å². The first-order chi connectivity index (χ1) is 35.6. The van der Waals surface area contributed by atoms with Gasteiger partial charge in [-0.3, -0.25) is 0 Å². The fourth-order valence-corrected chi connectivity index (χ4v) is 9.45. The minimum absolute atomic E-state index is 0. The molecule has 0 atom stereocenters. The third kappa shape index (κ3) is 47.6. The molecule has 0 saturated heterocycles. The van der Waals surface area contributed by atoms with E-state index in [0.717, 1.165) is 36.8 Å². The molecule has 77 heavy (non-hydrogen) atoms. The van der Waals surface area contributed by atoms with Crippen molar-refractivity contribution in [3.63, 3.8) is 0 Å². The summed E-state index contributed by atoms with van der Waals surface area (Å²) in [6.07, 6.45) is 39.7. The topological polar surface area (TPSA) is 180 Å². The molecule has 0 aliphatic heterocycles. The van der Waals surface area contributed by atoms with Crippen molar-refractivity contribution in [2.24, 2.45) is 0 Å². The van der Waals surface area contributed by atoms with Crippen LogP contribution in [-0.4, -0.2) is 31.5 Å². The van der Waals surface area contributed by atoms with Crippen LogP contribution < -0.4 is 19.3 Å². The van der Waals surface area contributed by atoms with Crippen molar-refractivity contribution in [1.82, 2.24) is 0 Å². The Labute approximate surface area is 488 Å². The van der Waals surface area contributed by atoms with E-state index in [2.05, 4.69) is 109 Å². The van der Waals surface area contributed by atoms with E-state index < -0.39 is 29.1 Å². The summed E-state index contributed by atoms with van der Waals surface area (Å²) in [7, 11) is -4.76. The number of hydrogen-bond acceptors (Lipinski definition) is 10. The number of carboxylic acid groups (broad SMARTS) is 2. The normalized spacial score (nSPS) is 11.7. The molecule has 0 saturated carbocycles. The Kier molecular flexibility index (Phi) is 48.4. The van der Waals surface area contributed by atoms with Crippen LogP contribution in [0, 0.1) is 0 Å². The van der Waals surface area contributed by atoms with E-state index in [1.54, 1.807) is 0 Å². The van der Waals surface area contributed by atoms with E-state index in [4.69, 9.17) is 28.6 Å². The number of benzene rings is 2. The van der Waals surface area contributed by atoms with Crippen molar-refractivity contribution in [2.75, 3.05) is 0 Å². The summed E-state index contributed by atoms with van der Waals surface area (Å²) < 4.78 is 10.2. The van der Waals surface area contributed by atoms with Crippen LogP contribution in [0.3, 0.4) is 0 Å². The summed E-state index contributed by atoms with van der Waals surface area (Å²) in [6.45, 7) is 29.9. The van der Waals surface area contributed by atoms with Gasteiger partial charge in [-0.1, -0.05) is 301 Å². The predicted octanol–water partition coefficient (Wildman–Crippen LogP) is 17.7. The molecule has 0 spiro atoms. The van der Waals surface area contributed by atoms with Crippen molar-refractivity contribution in [3.05, 3.63) is 58.7 Å². The summed E-state index contributed by atoms with van der Waals surface area (Å²) in [6, 6.07) is 11.8. The van der Waals surface area contributed by atoms with Gasteiger partial charge >= 0.3 is 36.7 Å². The second-order valence-electron chi connectivity index (χ2n) is 25.3. The van der Waals surface area contributed by atoms with Crippen LogP contribution >= 0.6 is 17.2 Å². The average molecular weight is 1170 g/mol. The molecular formula is C64H116O10P2Zn. The Hall–Kier alpha value is -1.70. The van der Waals surface area contributed by atoms with Gasteiger partial charge in [-0.05, 0) is 70.6 Å². The summed E-state index contributed by atoms with van der Waals surface area (Å²) in [5.74, 6) is -0.711. The van der Waals surface area contributed by atoms with Gasteiger partial charge in [0.25, 0.3) is 0 Å². The van der Waals surface area contributed by atoms with E-state index >= 15 is 0 Å². The van der Waals surface area contributed by atoms with Crippen LogP contribution in [0.2, 0.25) is 0 Å². The van der Waals surface area contributed by atoms with E-state index in [1.807, 2.05) is 24.3 Å². The van der Waals surface area contributed by atoms with Crippen molar-refractivity contribution in [2.45, 2.75) is 324 Å². The standard InChI is InChI=1S/2C18H36O2.2C14H23O3P.Zn/c2*1-2-3-4-5-6-7-8-9-10-11-12-13-14-15-16-17-18(19)20;2*1-13(2,3)10-7-8-12(17-18(15)16)11(9-10)14(4,5)6;/h2*2-17H2,1H3,(H,19,20);2*7-9,15-16H,1-6H3;/q;;;;+2/p-2. The monoisotopic (exact) mass is 1170 g/mol. The van der Waals surface area contributed by atoms with Crippen LogP contribution in [0.5, 0.6) is 11.5 Å². The SMILES string of the molecule is CC(C)(C)c1ccc(OP(O)O)c(C(C)(C)C)c1.CC(C)(C)c1ccc(OP(O)O)c(C(C)(C)C)c1.CCCCCCCCCCCCCCCCCC(=O)[O-].CCCCCCCCCCCCCCCCCC(=O)[O-].[Zn+2]. The molecule has 4 N–H and O–H groups in total. The van der Waals surface area contributed by atoms with Crippen LogP contribution in [0.15, 0.2) is 36.4 Å². The van der Waals surface area contributed by atoms with Gasteiger partial charge in [0.05, 0.1) is 0 Å². The van der Waals surface area contributed by atoms with E-state index in [1.165, 1.54) is 178 Å². The number of aliphatic carboxylic acids is 2. The largest absolute Gasteiger partial charge is 2.00 e. The number of hydrogen-bond donors (Lipinski definition) is 4. The molecule has 0 heterocycles. The Balaban J connectivity index is -0.000000945. The molecule has 0 bridgehead atoms. The molecule has 2 aromatic rings. The molecular weight excluding hydrogens is 1060 g/mol. The molecule has 0 fully saturated rings. The Morgan fingerprint density at radius 1 is 0.377 bits per heavy atom. The maximum absolute atomic E-state index is 10.2. The van der Waals surface area contributed by atoms with Crippen molar-refractivity contribution in [1.29, 1.82) is 0 Å². The van der Waals surface area contributed by atoms with Gasteiger partial charge in [0.15, 0.2) is 0 Å². The summed E-state index contributed by atoms with van der Waals surface area (Å²) in [5.41, 5.74) is 4.30.